The lowest BCUT2D eigenvalue weighted by molar-refractivity contribution is -0.149. The van der Waals surface area contributed by atoms with E-state index in [0.29, 0.717) is 47.3 Å². The molecule has 0 saturated carbocycles. The van der Waals surface area contributed by atoms with E-state index < -0.39 is 52.4 Å². The maximum absolute atomic E-state index is 13.6. The molecule has 3 atom stereocenters. The van der Waals surface area contributed by atoms with Gasteiger partial charge in [-0.2, -0.15) is 19.0 Å². The average Bonchev–Trinajstić information content (AvgIpc) is 3.99. The second-order valence-electron chi connectivity index (χ2n) is 16.0. The summed E-state index contributed by atoms with van der Waals surface area (Å²) in [6.45, 7) is 2.70. The number of nitrogens with zero attached hydrogens (tertiary/aromatic N) is 7. The zero-order chi connectivity index (χ0) is 46.8. The summed E-state index contributed by atoms with van der Waals surface area (Å²) in [4.78, 5) is 57.9. The maximum Gasteiger partial charge on any atom is 0.330 e. The van der Waals surface area contributed by atoms with Gasteiger partial charge in [-0.25, -0.2) is 13.6 Å². The second-order valence-corrected chi connectivity index (χ2v) is 17.2. The molecule has 66 heavy (non-hydrogen) atoms. The van der Waals surface area contributed by atoms with Gasteiger partial charge in [0.25, 0.3) is 17.7 Å². The smallest absolute Gasteiger partial charge is 0.330 e. The zero-order valence-corrected chi connectivity index (χ0v) is 37.0. The third kappa shape index (κ3) is 9.09. The van der Waals surface area contributed by atoms with Gasteiger partial charge < -0.3 is 15.2 Å². The molecule has 3 unspecified atom stereocenters. The van der Waals surface area contributed by atoms with Gasteiger partial charge in [0.2, 0.25) is 5.91 Å². The Morgan fingerprint density at radius 1 is 0.909 bits per heavy atom. The molecule has 20 heteroatoms. The van der Waals surface area contributed by atoms with E-state index in [4.69, 9.17) is 20.3 Å². The molecule has 0 radical (unpaired) electrons. The minimum atomic E-state index is -3.15. The van der Waals surface area contributed by atoms with Gasteiger partial charge in [-0.05, 0) is 68.1 Å². The van der Waals surface area contributed by atoms with Gasteiger partial charge in [0.05, 0.1) is 40.5 Å². The third-order valence-corrected chi connectivity index (χ3v) is 12.5. The number of aryl methyl sites for hydroxylation is 2. The number of piperidine rings is 1. The predicted octanol–water partition coefficient (Wildman–Crippen LogP) is 7.43. The van der Waals surface area contributed by atoms with Gasteiger partial charge in [0.15, 0.2) is 11.0 Å². The minimum absolute atomic E-state index is 0.0575. The fourth-order valence-corrected chi connectivity index (χ4v) is 8.75. The number of aromatic nitrogens is 5. The molecule has 3 N–H and O–H groups in total. The van der Waals surface area contributed by atoms with Gasteiger partial charge in [-0.15, -0.1) is 0 Å². The van der Waals surface area contributed by atoms with E-state index in [1.54, 1.807) is 73.5 Å². The molecule has 4 amide bonds. The van der Waals surface area contributed by atoms with Gasteiger partial charge in [-0.3, -0.25) is 43.1 Å². The van der Waals surface area contributed by atoms with Crippen LogP contribution in [0.2, 0.25) is 0 Å². The number of nitrogens with two attached hydrogens (primary N) is 1. The number of pyridine rings is 1. The maximum atomic E-state index is 13.6. The number of hydrogen-bond acceptors (Lipinski definition) is 11. The highest BCUT2D eigenvalue weighted by atomic mass is 32.2. The van der Waals surface area contributed by atoms with Crippen molar-refractivity contribution < 1.29 is 46.0 Å². The van der Waals surface area contributed by atoms with E-state index in [0.717, 1.165) is 46.6 Å². The number of hydrogen-bond donors (Lipinski definition) is 2. The molecule has 3 aromatic carbocycles. The van der Waals surface area contributed by atoms with E-state index in [-0.39, 0.29) is 52.9 Å². The summed E-state index contributed by atoms with van der Waals surface area (Å²) >= 11 is 0. The number of carbonyl (C=O) groups is 4. The summed E-state index contributed by atoms with van der Waals surface area (Å²) < 4.78 is 70.5. The molecule has 6 aromatic rings. The van der Waals surface area contributed by atoms with Crippen LogP contribution in [0.1, 0.15) is 84.3 Å². The average molecular weight is 926 g/mol. The normalized spacial score (nSPS) is 16.1. The number of carbonyl (C=O) groups excluding carboxylic acids is 4. The number of ether oxygens (including phenoxy) is 2. The van der Waals surface area contributed by atoms with Gasteiger partial charge in [0, 0.05) is 56.1 Å². The van der Waals surface area contributed by atoms with Gasteiger partial charge in [-0.1, -0.05) is 43.5 Å². The number of unbranched alkanes of at least 4 members (excludes halogenated alkanes) is 4. The van der Waals surface area contributed by atoms with Crippen molar-refractivity contribution in [2.24, 2.45) is 7.05 Å². The summed E-state index contributed by atoms with van der Waals surface area (Å²) in [7, 11) is 0.407. The van der Waals surface area contributed by atoms with Crippen molar-refractivity contribution in [1.82, 2.24) is 34.3 Å². The topological polar surface area (TPSA) is 197 Å². The molecule has 0 spiro atoms. The zero-order valence-electron chi connectivity index (χ0n) is 36.2. The fraction of sp³-hybridized carbons (Fsp3) is 0.326. The molecule has 16 nitrogen and oxygen atoms in total. The largest absolute Gasteiger partial charge is 0.493 e. The lowest BCUT2D eigenvalue weighted by Gasteiger charge is -2.32. The number of benzene rings is 3. The molecule has 1 fully saturated rings. The highest BCUT2D eigenvalue weighted by Gasteiger charge is 2.47. The monoisotopic (exact) mass is 925 g/mol. The van der Waals surface area contributed by atoms with Gasteiger partial charge >= 0.3 is 5.76 Å². The Morgan fingerprint density at radius 3 is 2.44 bits per heavy atom. The van der Waals surface area contributed by atoms with E-state index in [2.05, 4.69) is 14.8 Å². The number of likely N-dealkylation sites (N-methyl/N-ethyl adjacent to an activating group) is 1. The summed E-state index contributed by atoms with van der Waals surface area (Å²) in [6.07, 6.45) is 9.11. The number of fused-ring (bicyclic) bond motifs is 2. The van der Waals surface area contributed by atoms with Crippen LogP contribution in [0.25, 0.3) is 33.3 Å². The second kappa shape index (κ2) is 19.2. The molecule has 5 heterocycles. The van der Waals surface area contributed by atoms with Crippen molar-refractivity contribution >= 4 is 57.0 Å². The molecule has 8 rings (SSSR count). The minimum Gasteiger partial charge on any atom is -0.493 e. The highest BCUT2D eigenvalue weighted by molar-refractivity contribution is 7.86. The van der Waals surface area contributed by atoms with Crippen LogP contribution in [0.4, 0.5) is 24.7 Å². The first-order valence-corrected chi connectivity index (χ1v) is 22.5. The predicted molar refractivity (Wildman–Crippen MR) is 239 cm³/mol. The van der Waals surface area contributed by atoms with Crippen molar-refractivity contribution in [2.45, 2.75) is 76.3 Å². The van der Waals surface area contributed by atoms with E-state index in [1.165, 1.54) is 25.2 Å². The van der Waals surface area contributed by atoms with Crippen LogP contribution in [0.3, 0.4) is 0 Å². The van der Waals surface area contributed by atoms with E-state index in [9.17, 15) is 36.6 Å². The third-order valence-electron chi connectivity index (χ3n) is 11.7. The van der Waals surface area contributed by atoms with Crippen LogP contribution in [-0.4, -0.2) is 87.6 Å². The van der Waals surface area contributed by atoms with Crippen molar-refractivity contribution in [3.05, 3.63) is 102 Å². The number of imide groups is 2. The Morgan fingerprint density at radius 2 is 1.67 bits per heavy atom. The lowest BCUT2D eigenvalue weighted by Crippen LogP contribution is -2.54. The number of nitrogen functional groups attached to an aromatic ring is 1. The van der Waals surface area contributed by atoms with E-state index in [1.807, 2.05) is 10.9 Å². The van der Waals surface area contributed by atoms with Crippen LogP contribution in [0, 0.1) is 5.82 Å². The molecule has 344 valence electrons. The Labute approximate surface area is 379 Å². The molecular weight excluding hydrogens is 880 g/mol. The van der Waals surface area contributed by atoms with Crippen molar-refractivity contribution in [3.63, 3.8) is 0 Å². The molecule has 2 aliphatic heterocycles. The molecular formula is C46H46F3N9O7S. The summed E-state index contributed by atoms with van der Waals surface area (Å²) in [5, 5.41) is 9.93. The number of alkyl halides is 2. The van der Waals surface area contributed by atoms with E-state index >= 15 is 0 Å². The Bertz CT molecular complexity index is 2870. The lowest BCUT2D eigenvalue weighted by atomic mass is 10.0. The van der Waals surface area contributed by atoms with Crippen molar-refractivity contribution in [1.29, 1.82) is 0 Å². The summed E-state index contributed by atoms with van der Waals surface area (Å²) in [5.41, 5.74) is 10.6. The number of likely N-dealkylation sites (tertiary alicyclic amines) is 1. The Hall–Kier alpha value is -7.09. The van der Waals surface area contributed by atoms with Gasteiger partial charge in [0.1, 0.15) is 41.0 Å². The molecule has 0 aliphatic carbocycles. The van der Waals surface area contributed by atoms with Crippen LogP contribution < -0.4 is 19.9 Å². The first-order chi connectivity index (χ1) is 31.7. The number of rotatable bonds is 18. The summed E-state index contributed by atoms with van der Waals surface area (Å²) in [6, 6.07) is 14.1. The first-order valence-electron chi connectivity index (χ1n) is 21.3. The van der Waals surface area contributed by atoms with Crippen LogP contribution in [-0.2, 0) is 34.2 Å². The number of anilines is 2. The molecule has 2 aliphatic rings. The van der Waals surface area contributed by atoms with Crippen molar-refractivity contribution in [3.8, 4) is 33.9 Å². The van der Waals surface area contributed by atoms with Crippen molar-refractivity contribution in [2.75, 3.05) is 24.1 Å². The number of halogens is 3. The quantitative estimate of drug-likeness (QED) is 0.0643. The molecule has 3 aromatic heterocycles. The Kier molecular flexibility index (Phi) is 13.2. The molecule has 0 bridgehead atoms. The van der Waals surface area contributed by atoms with Crippen LogP contribution >= 0.6 is 0 Å². The fourth-order valence-electron chi connectivity index (χ4n) is 8.27. The number of amides is 4. The number of nitrogens with one attached hydrogen (secondary N) is 1. The highest BCUT2D eigenvalue weighted by Crippen LogP contribution is 2.41. The van der Waals surface area contributed by atoms with Crippen LogP contribution in [0.15, 0.2) is 79.3 Å². The first kappa shape index (κ1) is 45.5. The Balaban J connectivity index is 0.881. The SMILES string of the molecule is CC(Oc1cc(-c2nn(C)c3c(-c4cnn(CCCCCCCOc5cccc6c5C(=O)N(C5CCC(=O)N(C)C5=O)C6=O)c4)cnc(N)c23)ccc1NS(=O)C(F)F)c1ccc(F)cc1. The summed E-state index contributed by atoms with van der Waals surface area (Å²) in [5.74, 6) is -5.07. The van der Waals surface area contributed by atoms with Crippen LogP contribution in [0.5, 0.6) is 11.5 Å². The molecule has 1 saturated heterocycles. The standard InChI is InChI=1S/C46H46F3N9O7S/c1-26(27-12-15-30(47)16-13-27)65-36-22-28(14-17-33(36)54-66(63)46(48)49)40-39-41(56(3)53-40)32(24-51-42(39)50)29-23-52-57(25-29)20-7-5-4-6-8-21-64-35-11-9-10-31-38(35)45(62)58(43(31)60)34-18-19-37(59)55(2)44(34)61/h9-17,22-26,34,46,54H,4-8,18-21H2,1-3H3,(H2,50,51).